The lowest BCUT2D eigenvalue weighted by Gasteiger charge is -2.34. The van der Waals surface area contributed by atoms with Crippen molar-refractivity contribution < 1.29 is 9.21 Å². The molecule has 0 atom stereocenters. The van der Waals surface area contributed by atoms with Crippen LogP contribution in [-0.2, 0) is 17.9 Å². The molecule has 0 unspecified atom stereocenters. The van der Waals surface area contributed by atoms with E-state index >= 15 is 0 Å². The summed E-state index contributed by atoms with van der Waals surface area (Å²) in [6.45, 7) is 6.28. The summed E-state index contributed by atoms with van der Waals surface area (Å²) in [5, 5.41) is 2.88. The predicted molar refractivity (Wildman–Crippen MR) is 120 cm³/mol. The van der Waals surface area contributed by atoms with E-state index in [1.54, 1.807) is 24.5 Å². The maximum Gasteiger partial charge on any atom is 0.248 e. The third-order valence-corrected chi connectivity index (χ3v) is 5.28. The maximum absolute atomic E-state index is 12.0. The van der Waals surface area contributed by atoms with Gasteiger partial charge in [-0.3, -0.25) is 14.6 Å². The van der Waals surface area contributed by atoms with Crippen LogP contribution in [0.15, 0.2) is 83.5 Å². The van der Waals surface area contributed by atoms with Crippen molar-refractivity contribution in [2.75, 3.05) is 31.5 Å². The van der Waals surface area contributed by atoms with Crippen molar-refractivity contribution >= 4 is 17.7 Å². The summed E-state index contributed by atoms with van der Waals surface area (Å²) in [5.74, 6) is 0.484. The summed E-state index contributed by atoms with van der Waals surface area (Å²) in [5.41, 5.74) is 3.43. The van der Waals surface area contributed by atoms with E-state index in [1.165, 1.54) is 17.2 Å². The first-order chi connectivity index (χ1) is 14.7. The average Bonchev–Trinajstić information content (AvgIpc) is 3.30. The maximum atomic E-state index is 12.0. The Balaban J connectivity index is 1.22. The van der Waals surface area contributed by atoms with Crippen LogP contribution < -0.4 is 5.32 Å². The standard InChI is InChI=1S/C25H27N3O2/c29-25(13-12-24-7-4-18-30-24)26-23-10-8-22(9-11-23)20-28-16-14-27(15-17-28)19-21-5-2-1-3-6-21/h1-13,18H,14-17,19-20H2,(H,26,29)/b13-12+. The fraction of sp³-hybridized carbons (Fsp3) is 0.240. The smallest absolute Gasteiger partial charge is 0.248 e. The van der Waals surface area contributed by atoms with Gasteiger partial charge in [0.25, 0.3) is 0 Å². The zero-order valence-corrected chi connectivity index (χ0v) is 17.0. The molecule has 1 N–H and O–H groups in total. The molecule has 154 valence electrons. The van der Waals surface area contributed by atoms with E-state index in [0.717, 1.165) is 45.0 Å². The Kier molecular flexibility index (Phi) is 6.75. The number of nitrogens with zero attached hydrogens (tertiary/aromatic N) is 2. The van der Waals surface area contributed by atoms with Crippen LogP contribution in [0.1, 0.15) is 16.9 Å². The van der Waals surface area contributed by atoms with E-state index < -0.39 is 0 Å². The minimum Gasteiger partial charge on any atom is -0.465 e. The number of rotatable bonds is 7. The van der Waals surface area contributed by atoms with Gasteiger partial charge in [-0.15, -0.1) is 0 Å². The molecule has 1 aliphatic heterocycles. The normalized spacial score (nSPS) is 15.5. The molecule has 0 saturated carbocycles. The van der Waals surface area contributed by atoms with Crippen LogP contribution in [-0.4, -0.2) is 41.9 Å². The molecule has 5 heteroatoms. The highest BCUT2D eigenvalue weighted by atomic mass is 16.3. The molecule has 4 rings (SSSR count). The highest BCUT2D eigenvalue weighted by molar-refractivity contribution is 6.01. The molecule has 30 heavy (non-hydrogen) atoms. The van der Waals surface area contributed by atoms with E-state index in [2.05, 4.69) is 57.6 Å². The summed E-state index contributed by atoms with van der Waals surface area (Å²) in [7, 11) is 0. The fourth-order valence-corrected chi connectivity index (χ4v) is 3.63. The van der Waals surface area contributed by atoms with Crippen molar-refractivity contribution in [3.63, 3.8) is 0 Å². The van der Waals surface area contributed by atoms with E-state index in [1.807, 2.05) is 12.1 Å². The van der Waals surface area contributed by atoms with Crippen molar-refractivity contribution in [2.45, 2.75) is 13.1 Å². The van der Waals surface area contributed by atoms with Crippen LogP contribution in [0.4, 0.5) is 5.69 Å². The largest absolute Gasteiger partial charge is 0.465 e. The van der Waals surface area contributed by atoms with Gasteiger partial charge in [-0.05, 0) is 41.5 Å². The Hall–Kier alpha value is -3.15. The minimum absolute atomic E-state index is 0.173. The summed E-state index contributed by atoms with van der Waals surface area (Å²) >= 11 is 0. The minimum atomic E-state index is -0.173. The fourth-order valence-electron chi connectivity index (χ4n) is 3.63. The predicted octanol–water partition coefficient (Wildman–Crippen LogP) is 4.25. The molecule has 1 aromatic heterocycles. The number of carbonyl (C=O) groups excluding carboxylic acids is 1. The Morgan fingerprint density at radius 1 is 0.833 bits per heavy atom. The van der Waals surface area contributed by atoms with Crippen molar-refractivity contribution in [2.24, 2.45) is 0 Å². The van der Waals surface area contributed by atoms with E-state index in [4.69, 9.17) is 4.42 Å². The van der Waals surface area contributed by atoms with Crippen LogP contribution in [0.2, 0.25) is 0 Å². The van der Waals surface area contributed by atoms with Gasteiger partial charge in [0, 0.05) is 51.0 Å². The first-order valence-electron chi connectivity index (χ1n) is 10.3. The Bertz CT molecular complexity index is 942. The number of carbonyl (C=O) groups is 1. The molecule has 0 spiro atoms. The summed E-state index contributed by atoms with van der Waals surface area (Å²) in [4.78, 5) is 17.0. The van der Waals surface area contributed by atoms with Gasteiger partial charge in [0.15, 0.2) is 0 Å². The first kappa shape index (κ1) is 20.1. The highest BCUT2D eigenvalue weighted by Gasteiger charge is 2.17. The second-order valence-electron chi connectivity index (χ2n) is 7.57. The Morgan fingerprint density at radius 3 is 2.07 bits per heavy atom. The van der Waals surface area contributed by atoms with Gasteiger partial charge in [0.1, 0.15) is 5.76 Å². The Morgan fingerprint density at radius 2 is 1.47 bits per heavy atom. The number of nitrogens with one attached hydrogen (secondary N) is 1. The number of hydrogen-bond donors (Lipinski definition) is 1. The van der Waals surface area contributed by atoms with Crippen LogP contribution in [0, 0.1) is 0 Å². The monoisotopic (exact) mass is 401 g/mol. The van der Waals surface area contributed by atoms with Gasteiger partial charge < -0.3 is 9.73 Å². The second-order valence-corrected chi connectivity index (χ2v) is 7.57. The quantitative estimate of drug-likeness (QED) is 0.602. The molecule has 1 amide bonds. The van der Waals surface area contributed by atoms with Crippen LogP contribution >= 0.6 is 0 Å². The summed E-state index contributed by atoms with van der Waals surface area (Å²) in [6, 6.07) is 22.3. The molecule has 5 nitrogen and oxygen atoms in total. The molecule has 0 radical (unpaired) electrons. The van der Waals surface area contributed by atoms with E-state index in [-0.39, 0.29) is 5.91 Å². The molecule has 2 heterocycles. The topological polar surface area (TPSA) is 48.7 Å². The van der Waals surface area contributed by atoms with Gasteiger partial charge in [0.05, 0.1) is 6.26 Å². The van der Waals surface area contributed by atoms with Crippen molar-refractivity contribution in [1.82, 2.24) is 9.80 Å². The number of hydrogen-bond acceptors (Lipinski definition) is 4. The number of furan rings is 1. The van der Waals surface area contributed by atoms with E-state index in [9.17, 15) is 4.79 Å². The lowest BCUT2D eigenvalue weighted by atomic mass is 10.1. The van der Waals surface area contributed by atoms with Crippen LogP contribution in [0.3, 0.4) is 0 Å². The molecular formula is C25H27N3O2. The third kappa shape index (κ3) is 5.92. The lowest BCUT2D eigenvalue weighted by Crippen LogP contribution is -2.45. The van der Waals surface area contributed by atoms with Crippen molar-refractivity contribution in [3.8, 4) is 0 Å². The zero-order chi connectivity index (χ0) is 20.6. The SMILES string of the molecule is O=C(/C=C/c1ccco1)Nc1ccc(CN2CCN(Cc3ccccc3)CC2)cc1. The van der Waals surface area contributed by atoms with Crippen LogP contribution in [0.5, 0.6) is 0 Å². The van der Waals surface area contributed by atoms with E-state index in [0.29, 0.717) is 5.76 Å². The van der Waals surface area contributed by atoms with Crippen LogP contribution in [0.25, 0.3) is 6.08 Å². The van der Waals surface area contributed by atoms with Gasteiger partial charge in [-0.1, -0.05) is 42.5 Å². The second kappa shape index (κ2) is 10.1. The first-order valence-corrected chi connectivity index (χ1v) is 10.3. The molecule has 1 fully saturated rings. The number of anilines is 1. The van der Waals surface area contributed by atoms with Gasteiger partial charge in [-0.2, -0.15) is 0 Å². The van der Waals surface area contributed by atoms with Crippen molar-refractivity contribution in [1.29, 1.82) is 0 Å². The lowest BCUT2D eigenvalue weighted by molar-refractivity contribution is -0.111. The van der Waals surface area contributed by atoms with Crippen molar-refractivity contribution in [3.05, 3.63) is 96.0 Å². The molecular weight excluding hydrogens is 374 g/mol. The molecule has 2 aromatic carbocycles. The Labute approximate surface area is 177 Å². The summed E-state index contributed by atoms with van der Waals surface area (Å²) in [6.07, 6.45) is 4.71. The van der Waals surface area contributed by atoms with Gasteiger partial charge in [0.2, 0.25) is 5.91 Å². The highest BCUT2D eigenvalue weighted by Crippen LogP contribution is 2.14. The molecule has 1 aliphatic rings. The average molecular weight is 402 g/mol. The number of piperazine rings is 1. The zero-order valence-electron chi connectivity index (χ0n) is 17.0. The summed E-state index contributed by atoms with van der Waals surface area (Å²) < 4.78 is 5.18. The number of benzene rings is 2. The molecule has 0 bridgehead atoms. The van der Waals surface area contributed by atoms with Gasteiger partial charge in [-0.25, -0.2) is 0 Å². The third-order valence-electron chi connectivity index (χ3n) is 5.28. The van der Waals surface area contributed by atoms with Gasteiger partial charge >= 0.3 is 0 Å². The number of amides is 1. The molecule has 1 saturated heterocycles. The molecule has 3 aromatic rings. The molecule has 0 aliphatic carbocycles.